The smallest absolute Gasteiger partial charge is 0.00790 e. The minimum absolute atomic E-state index is 0.756. The Kier molecular flexibility index (Phi) is 1.72. The van der Waals surface area contributed by atoms with E-state index in [-0.39, 0.29) is 0 Å². The Bertz CT molecular complexity index is 195. The van der Waals surface area contributed by atoms with Gasteiger partial charge in [0.05, 0.1) is 0 Å². The van der Waals surface area contributed by atoms with Crippen LogP contribution < -0.4 is 5.32 Å². The van der Waals surface area contributed by atoms with Gasteiger partial charge in [-0.25, -0.2) is 0 Å². The molecule has 3 aliphatic heterocycles. The minimum Gasteiger partial charge on any atom is -0.313 e. The fraction of sp³-hybridized carbons (Fsp3) is 1.00. The fourth-order valence-electron chi connectivity index (χ4n) is 3.66. The molecule has 0 amide bonds. The SMILES string of the molecule is CN1CCC(C23CNC(C2)C3)CC1. The maximum absolute atomic E-state index is 3.63. The van der Waals surface area contributed by atoms with Gasteiger partial charge in [0.25, 0.3) is 0 Å². The Hall–Kier alpha value is -0.0800. The van der Waals surface area contributed by atoms with Crippen molar-refractivity contribution < 1.29 is 0 Å². The van der Waals surface area contributed by atoms with Gasteiger partial charge in [-0.2, -0.15) is 0 Å². The molecule has 3 heterocycles. The van der Waals surface area contributed by atoms with Crippen LogP contribution in [-0.2, 0) is 0 Å². The summed E-state index contributed by atoms with van der Waals surface area (Å²) in [6.45, 7) is 3.99. The summed E-state index contributed by atoms with van der Waals surface area (Å²) >= 11 is 0. The first-order chi connectivity index (χ1) is 6.28. The van der Waals surface area contributed by atoms with Gasteiger partial charge in [0, 0.05) is 12.6 Å². The molecule has 0 aromatic rings. The third-order valence-electron chi connectivity index (χ3n) is 4.63. The topological polar surface area (TPSA) is 15.3 Å². The molecule has 13 heavy (non-hydrogen) atoms. The minimum atomic E-state index is 0.756. The number of rotatable bonds is 1. The van der Waals surface area contributed by atoms with Gasteiger partial charge in [0.15, 0.2) is 0 Å². The van der Waals surface area contributed by atoms with Gasteiger partial charge in [0.1, 0.15) is 0 Å². The Morgan fingerprint density at radius 2 is 1.92 bits per heavy atom. The van der Waals surface area contributed by atoms with Gasteiger partial charge >= 0.3 is 0 Å². The second-order valence-electron chi connectivity index (χ2n) is 5.43. The number of nitrogens with one attached hydrogen (secondary N) is 1. The Morgan fingerprint density at radius 1 is 1.23 bits per heavy atom. The first kappa shape index (κ1) is 8.25. The molecule has 0 aromatic heterocycles. The van der Waals surface area contributed by atoms with E-state index in [1.54, 1.807) is 0 Å². The molecule has 74 valence electrons. The molecule has 1 aliphatic carbocycles. The van der Waals surface area contributed by atoms with Crippen molar-refractivity contribution in [3.63, 3.8) is 0 Å². The van der Waals surface area contributed by atoms with Crippen LogP contribution in [0, 0.1) is 11.3 Å². The Balaban J connectivity index is 1.66. The molecule has 4 rings (SSSR count). The molecule has 2 bridgehead atoms. The third kappa shape index (κ3) is 1.15. The van der Waals surface area contributed by atoms with Crippen LogP contribution in [0.2, 0.25) is 0 Å². The average molecular weight is 180 g/mol. The van der Waals surface area contributed by atoms with Crippen LogP contribution in [-0.4, -0.2) is 37.6 Å². The van der Waals surface area contributed by atoms with Crippen LogP contribution in [0.4, 0.5) is 0 Å². The first-order valence-corrected chi connectivity index (χ1v) is 5.70. The highest BCUT2D eigenvalue weighted by atomic mass is 15.1. The lowest BCUT2D eigenvalue weighted by Gasteiger charge is -2.46. The molecule has 0 radical (unpaired) electrons. The van der Waals surface area contributed by atoms with Gasteiger partial charge in [0.2, 0.25) is 0 Å². The van der Waals surface area contributed by atoms with Crippen LogP contribution in [0.3, 0.4) is 0 Å². The molecule has 0 atom stereocenters. The van der Waals surface area contributed by atoms with Crippen molar-refractivity contribution in [1.82, 2.24) is 10.2 Å². The van der Waals surface area contributed by atoms with E-state index in [9.17, 15) is 0 Å². The van der Waals surface area contributed by atoms with Gasteiger partial charge in [-0.3, -0.25) is 0 Å². The molecule has 1 N–H and O–H groups in total. The maximum Gasteiger partial charge on any atom is 0.00790 e. The first-order valence-electron chi connectivity index (χ1n) is 5.70. The quantitative estimate of drug-likeness (QED) is 0.649. The highest BCUT2D eigenvalue weighted by Crippen LogP contribution is 2.54. The fourth-order valence-corrected chi connectivity index (χ4v) is 3.66. The summed E-state index contributed by atoms with van der Waals surface area (Å²) in [5, 5.41) is 3.63. The molecule has 0 aromatic carbocycles. The largest absolute Gasteiger partial charge is 0.313 e. The van der Waals surface area contributed by atoms with E-state index in [4.69, 9.17) is 0 Å². The van der Waals surface area contributed by atoms with E-state index in [0.717, 1.165) is 17.4 Å². The summed E-state index contributed by atoms with van der Waals surface area (Å²) in [5.74, 6) is 1.04. The number of fused-ring (bicyclic) bond motifs is 1. The number of hydrogen-bond acceptors (Lipinski definition) is 2. The summed E-state index contributed by atoms with van der Waals surface area (Å²) in [4.78, 5) is 2.48. The molecule has 1 saturated carbocycles. The molecule has 4 fully saturated rings. The summed E-state index contributed by atoms with van der Waals surface area (Å²) in [5.41, 5.74) is 0.756. The number of nitrogens with zero attached hydrogens (tertiary/aromatic N) is 1. The zero-order valence-electron chi connectivity index (χ0n) is 8.55. The Labute approximate surface area is 80.7 Å². The van der Waals surface area contributed by atoms with Crippen LogP contribution in [0.1, 0.15) is 25.7 Å². The van der Waals surface area contributed by atoms with E-state index in [0.29, 0.717) is 0 Å². The molecule has 0 spiro atoms. The van der Waals surface area contributed by atoms with Crippen molar-refractivity contribution >= 4 is 0 Å². The number of likely N-dealkylation sites (tertiary alicyclic amines) is 1. The van der Waals surface area contributed by atoms with Gasteiger partial charge in [-0.15, -0.1) is 0 Å². The van der Waals surface area contributed by atoms with Crippen molar-refractivity contribution in [1.29, 1.82) is 0 Å². The van der Waals surface area contributed by atoms with E-state index < -0.39 is 0 Å². The standard InChI is InChI=1S/C11H20N2/c1-13-4-2-9(3-5-13)11-6-10(7-11)12-8-11/h9-10,12H,2-8H2,1H3. The normalized spacial score (nSPS) is 46.4. The molecule has 0 unspecified atom stereocenters. The molecule has 3 saturated heterocycles. The van der Waals surface area contributed by atoms with Gasteiger partial charge in [-0.1, -0.05) is 0 Å². The lowest BCUT2D eigenvalue weighted by molar-refractivity contribution is 0.0512. The lowest BCUT2D eigenvalue weighted by atomic mass is 9.60. The summed E-state index contributed by atoms with van der Waals surface area (Å²) in [7, 11) is 2.25. The van der Waals surface area contributed by atoms with Crippen molar-refractivity contribution in [2.75, 3.05) is 26.7 Å². The summed E-state index contributed by atoms with van der Waals surface area (Å²) < 4.78 is 0. The zero-order valence-corrected chi connectivity index (χ0v) is 8.55. The van der Waals surface area contributed by atoms with Crippen LogP contribution in [0.15, 0.2) is 0 Å². The average Bonchev–Trinajstić information content (AvgIpc) is 2.63. The third-order valence-corrected chi connectivity index (χ3v) is 4.63. The highest BCUT2D eigenvalue weighted by molar-refractivity contribution is 5.09. The number of piperidine rings is 1. The maximum atomic E-state index is 3.63. The molecule has 4 aliphatic rings. The van der Waals surface area contributed by atoms with Crippen LogP contribution in [0.5, 0.6) is 0 Å². The van der Waals surface area contributed by atoms with Gasteiger partial charge in [-0.05, 0) is 57.2 Å². The lowest BCUT2D eigenvalue weighted by Crippen LogP contribution is -2.45. The van der Waals surface area contributed by atoms with Crippen LogP contribution in [0.25, 0.3) is 0 Å². The second-order valence-corrected chi connectivity index (χ2v) is 5.43. The molecular formula is C11H20N2. The molecule has 2 heteroatoms. The van der Waals surface area contributed by atoms with Crippen molar-refractivity contribution in [2.45, 2.75) is 31.7 Å². The molecular weight excluding hydrogens is 160 g/mol. The molecule has 2 nitrogen and oxygen atoms in total. The number of hydrogen-bond donors (Lipinski definition) is 1. The van der Waals surface area contributed by atoms with Crippen LogP contribution >= 0.6 is 0 Å². The second kappa shape index (κ2) is 2.71. The highest BCUT2D eigenvalue weighted by Gasteiger charge is 2.54. The van der Waals surface area contributed by atoms with Crippen molar-refractivity contribution in [2.24, 2.45) is 11.3 Å². The summed E-state index contributed by atoms with van der Waals surface area (Å²) in [6.07, 6.45) is 5.87. The van der Waals surface area contributed by atoms with E-state index >= 15 is 0 Å². The van der Waals surface area contributed by atoms with E-state index in [2.05, 4.69) is 17.3 Å². The summed E-state index contributed by atoms with van der Waals surface area (Å²) in [6, 6.07) is 0.902. The predicted molar refractivity (Wildman–Crippen MR) is 53.7 cm³/mol. The Morgan fingerprint density at radius 3 is 2.46 bits per heavy atom. The van der Waals surface area contributed by atoms with Gasteiger partial charge < -0.3 is 10.2 Å². The van der Waals surface area contributed by atoms with Crippen molar-refractivity contribution in [3.05, 3.63) is 0 Å². The monoisotopic (exact) mass is 180 g/mol. The predicted octanol–water partition coefficient (Wildman–Crippen LogP) is 1.08. The zero-order chi connectivity index (χ0) is 8.89. The van der Waals surface area contributed by atoms with E-state index in [1.807, 2.05) is 0 Å². The van der Waals surface area contributed by atoms with Crippen molar-refractivity contribution in [3.8, 4) is 0 Å². The van der Waals surface area contributed by atoms with E-state index in [1.165, 1.54) is 45.3 Å².